The number of para-hydroxylation sites is 1. The molecule has 1 aromatic carbocycles. The fraction of sp³-hybridized carbons (Fsp3) is 0.471. The van der Waals surface area contributed by atoms with Crippen LogP contribution >= 0.6 is 0 Å². The van der Waals surface area contributed by atoms with Crippen LogP contribution < -0.4 is 5.32 Å². The molecule has 1 aromatic heterocycles. The Kier molecular flexibility index (Phi) is 3.88. The molecule has 1 aliphatic rings. The molecule has 1 amide bonds. The quantitative estimate of drug-likeness (QED) is 0.792. The minimum absolute atomic E-state index is 0.204. The first-order chi connectivity index (χ1) is 10.8. The van der Waals surface area contributed by atoms with Crippen molar-refractivity contribution in [3.63, 3.8) is 0 Å². The second-order valence-corrected chi connectivity index (χ2v) is 6.47. The maximum absolute atomic E-state index is 13.0. The van der Waals surface area contributed by atoms with Crippen LogP contribution in [0.3, 0.4) is 0 Å². The number of aromatic amines is 1. The summed E-state index contributed by atoms with van der Waals surface area (Å²) in [6.45, 7) is 1.50. The van der Waals surface area contributed by atoms with Gasteiger partial charge in [-0.2, -0.15) is 0 Å². The highest BCUT2D eigenvalue weighted by atomic mass is 19.3. The standard InChI is InChI=1S/C17H20F2N2O2/c1-11-12(13-4-2-3-5-14(13)20-11)6-7-15(23)21-16(10-22)8-17(18,19)9-16/h2-5,20,22H,6-10H2,1H3,(H,21,23). The van der Waals surface area contributed by atoms with Crippen molar-refractivity contribution in [1.82, 2.24) is 10.3 Å². The molecule has 0 aliphatic heterocycles. The maximum Gasteiger partial charge on any atom is 0.252 e. The summed E-state index contributed by atoms with van der Waals surface area (Å²) in [6.07, 6.45) is -0.252. The average molecular weight is 322 g/mol. The van der Waals surface area contributed by atoms with Crippen molar-refractivity contribution < 1.29 is 18.7 Å². The summed E-state index contributed by atoms with van der Waals surface area (Å²) in [5.74, 6) is -3.09. The van der Waals surface area contributed by atoms with Gasteiger partial charge in [-0.05, 0) is 25.0 Å². The number of benzene rings is 1. The number of carbonyl (C=O) groups excluding carboxylic acids is 1. The Labute approximate surface area is 132 Å². The number of nitrogens with one attached hydrogen (secondary N) is 2. The van der Waals surface area contributed by atoms with Crippen molar-refractivity contribution in [2.75, 3.05) is 6.61 Å². The minimum atomic E-state index is -2.79. The fourth-order valence-corrected chi connectivity index (χ4v) is 3.43. The van der Waals surface area contributed by atoms with E-state index in [0.717, 1.165) is 22.2 Å². The molecule has 3 rings (SSSR count). The molecule has 124 valence electrons. The summed E-state index contributed by atoms with van der Waals surface area (Å²) in [5, 5.41) is 13.0. The highest BCUT2D eigenvalue weighted by molar-refractivity contribution is 5.85. The van der Waals surface area contributed by atoms with E-state index in [-0.39, 0.29) is 12.3 Å². The lowest BCUT2D eigenvalue weighted by atomic mass is 9.74. The van der Waals surface area contributed by atoms with Crippen LogP contribution in [-0.4, -0.2) is 34.1 Å². The third-order valence-electron chi connectivity index (χ3n) is 4.53. The van der Waals surface area contributed by atoms with Crippen molar-refractivity contribution in [3.8, 4) is 0 Å². The average Bonchev–Trinajstić information content (AvgIpc) is 2.78. The molecule has 0 atom stereocenters. The number of fused-ring (bicyclic) bond motifs is 1. The Morgan fingerprint density at radius 2 is 2.04 bits per heavy atom. The summed E-state index contributed by atoms with van der Waals surface area (Å²) in [5.41, 5.74) is 1.93. The van der Waals surface area contributed by atoms with E-state index < -0.39 is 30.9 Å². The zero-order chi connectivity index (χ0) is 16.7. The predicted octanol–water partition coefficient (Wildman–Crippen LogP) is 2.69. The van der Waals surface area contributed by atoms with Crippen molar-refractivity contribution >= 4 is 16.8 Å². The first kappa shape index (κ1) is 15.9. The molecule has 0 saturated heterocycles. The van der Waals surface area contributed by atoms with Crippen LogP contribution in [0.25, 0.3) is 10.9 Å². The van der Waals surface area contributed by atoms with Crippen molar-refractivity contribution in [1.29, 1.82) is 0 Å². The lowest BCUT2D eigenvalue weighted by Crippen LogP contribution is -2.64. The second kappa shape index (κ2) is 5.60. The molecule has 0 bridgehead atoms. The normalized spacial score (nSPS) is 18.6. The van der Waals surface area contributed by atoms with E-state index in [1.807, 2.05) is 31.2 Å². The van der Waals surface area contributed by atoms with Crippen LogP contribution in [0.15, 0.2) is 24.3 Å². The minimum Gasteiger partial charge on any atom is -0.394 e. The lowest BCUT2D eigenvalue weighted by molar-refractivity contribution is -0.156. The van der Waals surface area contributed by atoms with Gasteiger partial charge in [-0.3, -0.25) is 4.79 Å². The first-order valence-electron chi connectivity index (χ1n) is 7.70. The summed E-state index contributed by atoms with van der Waals surface area (Å²) < 4.78 is 26.1. The van der Waals surface area contributed by atoms with Crippen LogP contribution in [0.5, 0.6) is 0 Å². The van der Waals surface area contributed by atoms with Gasteiger partial charge >= 0.3 is 0 Å². The molecule has 3 N–H and O–H groups in total. The molecule has 0 unspecified atom stereocenters. The number of amides is 1. The smallest absolute Gasteiger partial charge is 0.252 e. The number of H-pyrrole nitrogens is 1. The zero-order valence-electron chi connectivity index (χ0n) is 13.0. The molecule has 4 nitrogen and oxygen atoms in total. The van der Waals surface area contributed by atoms with Crippen LogP contribution in [0, 0.1) is 6.92 Å². The summed E-state index contributed by atoms with van der Waals surface area (Å²) in [4.78, 5) is 15.4. The number of aryl methyl sites for hydroxylation is 2. The van der Waals surface area contributed by atoms with Gasteiger partial charge in [0.2, 0.25) is 5.91 Å². The number of hydrogen-bond donors (Lipinski definition) is 3. The monoisotopic (exact) mass is 322 g/mol. The Bertz CT molecular complexity index is 731. The van der Waals surface area contributed by atoms with E-state index in [1.165, 1.54) is 0 Å². The third-order valence-corrected chi connectivity index (χ3v) is 4.53. The number of aliphatic hydroxyl groups is 1. The topological polar surface area (TPSA) is 65.1 Å². The van der Waals surface area contributed by atoms with Gasteiger partial charge < -0.3 is 15.4 Å². The van der Waals surface area contributed by atoms with Crippen molar-refractivity contribution in [2.24, 2.45) is 0 Å². The molecule has 0 radical (unpaired) electrons. The number of hydrogen-bond acceptors (Lipinski definition) is 2. The van der Waals surface area contributed by atoms with Gasteiger partial charge in [0, 0.05) is 35.9 Å². The SMILES string of the molecule is Cc1[nH]c2ccccc2c1CCC(=O)NC1(CO)CC(F)(F)C1. The predicted molar refractivity (Wildman–Crippen MR) is 83.5 cm³/mol. The molecule has 1 aliphatic carbocycles. The van der Waals surface area contributed by atoms with Crippen LogP contribution in [0.4, 0.5) is 8.78 Å². The maximum atomic E-state index is 13.0. The number of alkyl halides is 2. The molecule has 1 heterocycles. The third kappa shape index (κ3) is 3.08. The van der Waals surface area contributed by atoms with E-state index in [1.54, 1.807) is 0 Å². The van der Waals surface area contributed by atoms with Crippen LogP contribution in [0.2, 0.25) is 0 Å². The van der Waals surface area contributed by atoms with Gasteiger partial charge in [0.1, 0.15) is 0 Å². The van der Waals surface area contributed by atoms with Gasteiger partial charge in [0.15, 0.2) is 0 Å². The molecule has 2 aromatic rings. The number of aliphatic hydroxyl groups excluding tert-OH is 1. The number of aromatic nitrogens is 1. The van der Waals surface area contributed by atoms with Crippen molar-refractivity contribution in [2.45, 2.75) is 44.1 Å². The Hall–Kier alpha value is -1.95. The van der Waals surface area contributed by atoms with Gasteiger partial charge in [0.25, 0.3) is 5.92 Å². The second-order valence-electron chi connectivity index (χ2n) is 6.47. The zero-order valence-corrected chi connectivity index (χ0v) is 13.0. The van der Waals surface area contributed by atoms with E-state index in [0.29, 0.717) is 6.42 Å². The fourth-order valence-electron chi connectivity index (χ4n) is 3.43. The molecule has 1 saturated carbocycles. The summed E-state index contributed by atoms with van der Waals surface area (Å²) in [7, 11) is 0. The number of carbonyl (C=O) groups is 1. The number of rotatable bonds is 5. The van der Waals surface area contributed by atoms with E-state index in [2.05, 4.69) is 10.3 Å². The first-order valence-corrected chi connectivity index (χ1v) is 7.70. The summed E-state index contributed by atoms with van der Waals surface area (Å²) >= 11 is 0. The molecule has 23 heavy (non-hydrogen) atoms. The highest BCUT2D eigenvalue weighted by Gasteiger charge is 2.56. The van der Waals surface area contributed by atoms with Gasteiger partial charge in [-0.1, -0.05) is 18.2 Å². The molecule has 0 spiro atoms. The van der Waals surface area contributed by atoms with E-state index in [9.17, 15) is 18.7 Å². The largest absolute Gasteiger partial charge is 0.394 e. The van der Waals surface area contributed by atoms with Crippen LogP contribution in [0.1, 0.15) is 30.5 Å². The van der Waals surface area contributed by atoms with Crippen molar-refractivity contribution in [3.05, 3.63) is 35.5 Å². The van der Waals surface area contributed by atoms with Gasteiger partial charge in [-0.25, -0.2) is 8.78 Å². The van der Waals surface area contributed by atoms with Gasteiger partial charge in [-0.15, -0.1) is 0 Å². The molecule has 6 heteroatoms. The Morgan fingerprint density at radius 3 is 2.70 bits per heavy atom. The lowest BCUT2D eigenvalue weighted by Gasteiger charge is -2.46. The number of halogens is 2. The van der Waals surface area contributed by atoms with E-state index in [4.69, 9.17) is 0 Å². The molecule has 1 fully saturated rings. The Balaban J connectivity index is 1.64. The summed E-state index contributed by atoms with van der Waals surface area (Å²) in [6, 6.07) is 7.85. The Morgan fingerprint density at radius 1 is 1.35 bits per heavy atom. The highest BCUT2D eigenvalue weighted by Crippen LogP contribution is 2.45. The van der Waals surface area contributed by atoms with Crippen LogP contribution in [-0.2, 0) is 11.2 Å². The molecular formula is C17H20F2N2O2. The van der Waals surface area contributed by atoms with E-state index >= 15 is 0 Å². The molecular weight excluding hydrogens is 302 g/mol. The van der Waals surface area contributed by atoms with Gasteiger partial charge in [0.05, 0.1) is 12.1 Å².